The van der Waals surface area contributed by atoms with Gasteiger partial charge in [-0.2, -0.15) is 0 Å². The lowest BCUT2D eigenvalue weighted by molar-refractivity contribution is -0.870. The number of quaternary nitrogens is 1. The van der Waals surface area contributed by atoms with Crippen molar-refractivity contribution in [3.8, 4) is 0 Å². The second kappa shape index (κ2) is 33.2. The van der Waals surface area contributed by atoms with Gasteiger partial charge in [0.25, 0.3) is 7.82 Å². The van der Waals surface area contributed by atoms with Crippen LogP contribution in [0.2, 0.25) is 0 Å². The van der Waals surface area contributed by atoms with E-state index in [0.717, 1.165) is 64.2 Å². The number of likely N-dealkylation sites (N-methyl/N-ethyl adjacent to an activating group) is 1. The lowest BCUT2D eigenvalue weighted by Crippen LogP contribution is -2.37. The van der Waals surface area contributed by atoms with Crippen LogP contribution in [0.25, 0.3) is 0 Å². The van der Waals surface area contributed by atoms with Crippen molar-refractivity contribution in [2.45, 2.75) is 167 Å². The maximum absolute atomic E-state index is 12.8. The van der Waals surface area contributed by atoms with Gasteiger partial charge < -0.3 is 38.1 Å². The summed E-state index contributed by atoms with van der Waals surface area (Å²) in [5.74, 6) is -1.80. The van der Waals surface area contributed by atoms with E-state index in [4.69, 9.17) is 18.5 Å². The normalized spacial score (nSPS) is 19.7. The average molecular weight is 854 g/mol. The molecule has 1 saturated carbocycles. The van der Waals surface area contributed by atoms with Crippen LogP contribution >= 0.6 is 7.82 Å². The van der Waals surface area contributed by atoms with Gasteiger partial charge in [-0.05, 0) is 64.2 Å². The lowest BCUT2D eigenvalue weighted by atomic mass is 9.90. The summed E-state index contributed by atoms with van der Waals surface area (Å²) in [7, 11) is 0.986. The molecule has 1 aliphatic carbocycles. The van der Waals surface area contributed by atoms with E-state index in [2.05, 4.69) is 38.2 Å². The number of phosphoric acid groups is 1. The summed E-state index contributed by atoms with van der Waals surface area (Å²) in [5, 5.41) is 20.7. The number of aliphatic hydroxyl groups excluding tert-OH is 2. The minimum Gasteiger partial charge on any atom is -0.756 e. The third-order valence-corrected chi connectivity index (χ3v) is 11.2. The molecule has 0 heterocycles. The fourth-order valence-corrected chi connectivity index (χ4v) is 7.28. The summed E-state index contributed by atoms with van der Waals surface area (Å²) in [5.41, 5.74) is 0. The molecule has 0 aromatic rings. The van der Waals surface area contributed by atoms with Gasteiger partial charge >= 0.3 is 11.9 Å². The second-order valence-electron chi connectivity index (χ2n) is 16.8. The predicted molar refractivity (Wildman–Crippen MR) is 232 cm³/mol. The van der Waals surface area contributed by atoms with E-state index >= 15 is 0 Å². The first-order chi connectivity index (χ1) is 28.2. The Bertz CT molecular complexity index is 1310. The van der Waals surface area contributed by atoms with Crippen LogP contribution in [0.5, 0.6) is 0 Å². The van der Waals surface area contributed by atoms with E-state index < -0.39 is 44.7 Å². The molecular formula is C46H80NO11P. The van der Waals surface area contributed by atoms with Crippen LogP contribution in [0.4, 0.5) is 0 Å². The Morgan fingerprint density at radius 2 is 1.42 bits per heavy atom. The third kappa shape index (κ3) is 30.3. The molecule has 0 spiro atoms. The number of hydrogen-bond donors (Lipinski definition) is 2. The summed E-state index contributed by atoms with van der Waals surface area (Å²) in [6.07, 6.45) is 30.7. The number of ether oxygens (including phenoxy) is 2. The molecule has 6 atom stereocenters. The van der Waals surface area contributed by atoms with Gasteiger partial charge in [0.1, 0.15) is 25.5 Å². The van der Waals surface area contributed by atoms with E-state index in [1.807, 2.05) is 33.3 Å². The number of esters is 2. The van der Waals surface area contributed by atoms with E-state index in [9.17, 15) is 34.1 Å². The van der Waals surface area contributed by atoms with Crippen molar-refractivity contribution in [3.63, 3.8) is 0 Å². The van der Waals surface area contributed by atoms with E-state index in [1.54, 1.807) is 12.2 Å². The Balaban J connectivity index is 2.53. The number of nitrogens with zero attached hydrogens (tertiary/aromatic N) is 1. The molecule has 1 unspecified atom stereocenters. The number of unbranched alkanes of at least 4 members (excludes halogenated alkanes) is 11. The van der Waals surface area contributed by atoms with Gasteiger partial charge in [-0.1, -0.05) is 114 Å². The molecule has 0 radical (unpaired) electrons. The van der Waals surface area contributed by atoms with Crippen molar-refractivity contribution in [3.05, 3.63) is 48.6 Å². The van der Waals surface area contributed by atoms with Crippen LogP contribution in [-0.2, 0) is 37.5 Å². The molecule has 0 saturated heterocycles. The maximum atomic E-state index is 12.8. The molecule has 0 aliphatic heterocycles. The Kier molecular flexibility index (Phi) is 30.7. The van der Waals surface area contributed by atoms with Gasteiger partial charge in [0.05, 0.1) is 40.0 Å². The number of aliphatic hydroxyl groups is 2. The molecule has 2 N–H and O–H groups in total. The first kappa shape index (κ1) is 54.6. The summed E-state index contributed by atoms with van der Waals surface area (Å²) in [6, 6.07) is 0. The Morgan fingerprint density at radius 3 is 2.12 bits per heavy atom. The zero-order valence-electron chi connectivity index (χ0n) is 37.1. The van der Waals surface area contributed by atoms with Gasteiger partial charge in [-0.3, -0.25) is 18.9 Å². The average Bonchev–Trinajstić information content (AvgIpc) is 3.44. The number of carbonyl (C=O) groups excluding carboxylic acids is 3. The van der Waals surface area contributed by atoms with Crippen LogP contribution in [0.15, 0.2) is 48.6 Å². The fourth-order valence-electron chi connectivity index (χ4n) is 6.55. The molecule has 12 nitrogen and oxygen atoms in total. The zero-order chi connectivity index (χ0) is 43.8. The van der Waals surface area contributed by atoms with Crippen molar-refractivity contribution in [1.29, 1.82) is 0 Å². The molecular weight excluding hydrogens is 773 g/mol. The smallest absolute Gasteiger partial charge is 0.306 e. The van der Waals surface area contributed by atoms with Gasteiger partial charge in [0, 0.05) is 31.1 Å². The fraction of sp³-hybridized carbons (Fsp3) is 0.761. The van der Waals surface area contributed by atoms with Crippen LogP contribution in [0.1, 0.15) is 149 Å². The van der Waals surface area contributed by atoms with E-state index in [-0.39, 0.29) is 50.1 Å². The van der Waals surface area contributed by atoms with Crippen LogP contribution in [-0.4, -0.2) is 98.2 Å². The highest BCUT2D eigenvalue weighted by Crippen LogP contribution is 2.38. The van der Waals surface area contributed by atoms with Crippen LogP contribution in [0.3, 0.4) is 0 Å². The maximum Gasteiger partial charge on any atom is 0.306 e. The number of carbonyl (C=O) groups is 3. The quantitative estimate of drug-likeness (QED) is 0.0203. The molecule has 13 heteroatoms. The van der Waals surface area contributed by atoms with Crippen molar-refractivity contribution < 1.29 is 57.1 Å². The third-order valence-electron chi connectivity index (χ3n) is 10.2. The molecule has 59 heavy (non-hydrogen) atoms. The highest BCUT2D eigenvalue weighted by Gasteiger charge is 2.39. The van der Waals surface area contributed by atoms with Crippen LogP contribution < -0.4 is 4.89 Å². The summed E-state index contributed by atoms with van der Waals surface area (Å²) < 4.78 is 33.8. The monoisotopic (exact) mass is 854 g/mol. The Morgan fingerprint density at radius 1 is 0.814 bits per heavy atom. The van der Waals surface area contributed by atoms with Crippen molar-refractivity contribution >= 4 is 25.5 Å². The second-order valence-corrected chi connectivity index (χ2v) is 18.2. The minimum atomic E-state index is -4.71. The summed E-state index contributed by atoms with van der Waals surface area (Å²) >= 11 is 0. The van der Waals surface area contributed by atoms with Crippen molar-refractivity contribution in [1.82, 2.24) is 0 Å². The van der Waals surface area contributed by atoms with Gasteiger partial charge in [-0.15, -0.1) is 0 Å². The van der Waals surface area contributed by atoms with Gasteiger partial charge in [0.15, 0.2) is 6.10 Å². The number of rotatable bonds is 36. The molecule has 0 aromatic carbocycles. The lowest BCUT2D eigenvalue weighted by Gasteiger charge is -2.28. The topological polar surface area (TPSA) is 169 Å². The van der Waals surface area contributed by atoms with Gasteiger partial charge in [-0.25, -0.2) is 0 Å². The first-order valence-electron chi connectivity index (χ1n) is 22.4. The Labute approximate surface area is 356 Å². The molecule has 1 aliphatic rings. The molecule has 1 rings (SSSR count). The first-order valence-corrected chi connectivity index (χ1v) is 23.9. The highest BCUT2D eigenvalue weighted by molar-refractivity contribution is 7.45. The zero-order valence-corrected chi connectivity index (χ0v) is 38.0. The molecule has 340 valence electrons. The summed E-state index contributed by atoms with van der Waals surface area (Å²) in [4.78, 5) is 50.3. The minimum absolute atomic E-state index is 0.0118. The van der Waals surface area contributed by atoms with Crippen molar-refractivity contribution in [2.75, 3.05) is 47.5 Å². The van der Waals surface area contributed by atoms with Crippen LogP contribution in [0, 0.1) is 11.8 Å². The molecule has 0 amide bonds. The molecule has 0 aromatic heterocycles. The number of phosphoric ester groups is 1. The van der Waals surface area contributed by atoms with E-state index in [0.29, 0.717) is 43.1 Å². The molecule has 0 bridgehead atoms. The number of allylic oxidation sites excluding steroid dienone is 6. The SMILES string of the molecule is CCCCC/C=C\C/C=C\CCCCCCCC(=O)OC[C@H](COP(=O)([O-])OCC[N+](C)(C)C)OC(=O)CCC/C=C\C[C@H]1C(=O)C[C@@H](O)[C@@H]1/C=C/[C@@H](O)CCCCC. The predicted octanol–water partition coefficient (Wildman–Crippen LogP) is 8.64. The molecule has 1 fully saturated rings. The van der Waals surface area contributed by atoms with Gasteiger partial charge in [0.2, 0.25) is 0 Å². The number of ketones is 1. The number of hydrogen-bond acceptors (Lipinski definition) is 11. The van der Waals surface area contributed by atoms with Crippen molar-refractivity contribution in [2.24, 2.45) is 11.8 Å². The summed E-state index contributed by atoms with van der Waals surface area (Å²) in [6.45, 7) is 3.75. The largest absolute Gasteiger partial charge is 0.756 e. The highest BCUT2D eigenvalue weighted by atomic mass is 31.2. The standard InChI is InChI=1S/C46H80NO11P/c1-6-8-10-11-12-13-14-15-16-17-18-19-20-21-26-30-45(51)55-37-40(38-57-59(53,54)56-35-34-47(3,4)5)58-46(52)31-27-23-22-25-29-41-42(44(50)36-43(41)49)33-32-39(48)28-24-9-7-2/h12-13,15-16,22,25,32-33,39-42,44,48,50H,6-11,14,17-21,23-24,26-31,34-38H2,1-5H3/b13-12-,16-15-,25-22-,33-32+/t39-,40+,41+,42+,44+/m0/s1. The Hall–Kier alpha value is -2.44. The van der Waals surface area contributed by atoms with E-state index in [1.165, 1.54) is 19.3 Å². The number of Topliss-reactive ketones (excluding diaryl/α,β-unsaturated/α-hetero) is 1.